The average molecular weight is 300 g/mol. The molecule has 1 aromatic carbocycles. The first-order valence-electron chi connectivity index (χ1n) is 8.14. The van der Waals surface area contributed by atoms with Crippen LogP contribution in [0.25, 0.3) is 10.9 Å². The molecule has 1 aliphatic rings. The molecule has 2 N–H and O–H groups in total. The van der Waals surface area contributed by atoms with Crippen molar-refractivity contribution in [3.8, 4) is 0 Å². The van der Waals surface area contributed by atoms with Crippen LogP contribution in [0.4, 0.5) is 0 Å². The van der Waals surface area contributed by atoms with Gasteiger partial charge in [-0.1, -0.05) is 31.0 Å². The summed E-state index contributed by atoms with van der Waals surface area (Å²) in [4.78, 5) is 15.4. The highest BCUT2D eigenvalue weighted by atomic mass is 16.5. The monoisotopic (exact) mass is 300 g/mol. The van der Waals surface area contributed by atoms with Crippen LogP contribution >= 0.6 is 0 Å². The molecule has 0 saturated heterocycles. The normalized spacial score (nSPS) is 17.0. The van der Waals surface area contributed by atoms with E-state index in [1.807, 2.05) is 18.3 Å². The van der Waals surface area contributed by atoms with Gasteiger partial charge in [0.05, 0.1) is 7.11 Å². The number of para-hydroxylation sites is 1. The summed E-state index contributed by atoms with van der Waals surface area (Å²) in [6, 6.07) is 7.91. The van der Waals surface area contributed by atoms with Gasteiger partial charge in [0.2, 0.25) is 0 Å². The van der Waals surface area contributed by atoms with Crippen LogP contribution < -0.4 is 5.32 Å². The second kappa shape index (κ2) is 6.97. The van der Waals surface area contributed by atoms with Gasteiger partial charge in [0.25, 0.3) is 0 Å². The number of methoxy groups -OCH3 is 1. The third-order valence-electron chi connectivity index (χ3n) is 4.71. The van der Waals surface area contributed by atoms with Crippen LogP contribution in [-0.4, -0.2) is 30.6 Å². The maximum Gasteiger partial charge on any atom is 0.323 e. The van der Waals surface area contributed by atoms with Crippen LogP contribution in [0.1, 0.15) is 31.2 Å². The molecule has 1 atom stereocenters. The summed E-state index contributed by atoms with van der Waals surface area (Å²) >= 11 is 0. The second-order valence-electron chi connectivity index (χ2n) is 6.20. The Morgan fingerprint density at radius 3 is 2.91 bits per heavy atom. The molecule has 1 fully saturated rings. The number of carbonyl (C=O) groups is 1. The molecule has 22 heavy (non-hydrogen) atoms. The van der Waals surface area contributed by atoms with E-state index >= 15 is 0 Å². The van der Waals surface area contributed by atoms with Crippen LogP contribution in [0.2, 0.25) is 0 Å². The number of hydrogen-bond acceptors (Lipinski definition) is 3. The Balaban J connectivity index is 1.70. The van der Waals surface area contributed by atoms with Gasteiger partial charge in [-0.15, -0.1) is 0 Å². The number of benzene rings is 1. The molecule has 4 heteroatoms. The number of nitrogens with one attached hydrogen (secondary N) is 2. The molecule has 1 saturated carbocycles. The van der Waals surface area contributed by atoms with Crippen molar-refractivity contribution in [2.24, 2.45) is 5.92 Å². The Labute approximate surface area is 131 Å². The molecule has 1 aliphatic carbocycles. The molecule has 0 spiro atoms. The zero-order chi connectivity index (χ0) is 15.4. The molecule has 4 nitrogen and oxygen atoms in total. The van der Waals surface area contributed by atoms with Crippen molar-refractivity contribution < 1.29 is 9.53 Å². The Morgan fingerprint density at radius 2 is 2.14 bits per heavy atom. The maximum absolute atomic E-state index is 12.1. The first-order valence-corrected chi connectivity index (χ1v) is 8.14. The fourth-order valence-corrected chi connectivity index (χ4v) is 3.42. The standard InChI is InChI=1S/C18H24N2O2/c1-22-18(21)17(19-11-13-6-2-3-7-13)10-14-12-20-16-9-5-4-8-15(14)16/h4-5,8-9,12-13,17,19-20H,2-3,6-7,10-11H2,1H3/t17-/m0/s1. The number of aromatic amines is 1. The molecule has 0 unspecified atom stereocenters. The van der Waals surface area contributed by atoms with Crippen LogP contribution in [0.15, 0.2) is 30.5 Å². The lowest BCUT2D eigenvalue weighted by molar-refractivity contribution is -0.143. The quantitative estimate of drug-likeness (QED) is 0.806. The van der Waals surface area contributed by atoms with E-state index in [0.29, 0.717) is 12.3 Å². The summed E-state index contributed by atoms with van der Waals surface area (Å²) in [5.41, 5.74) is 2.27. The number of esters is 1. The first kappa shape index (κ1) is 15.1. The number of hydrogen-bond donors (Lipinski definition) is 2. The summed E-state index contributed by atoms with van der Waals surface area (Å²) in [5.74, 6) is 0.526. The minimum absolute atomic E-state index is 0.178. The number of ether oxygens (including phenoxy) is 1. The lowest BCUT2D eigenvalue weighted by Gasteiger charge is -2.18. The van der Waals surface area contributed by atoms with Gasteiger partial charge in [-0.05, 0) is 36.9 Å². The highest BCUT2D eigenvalue weighted by molar-refractivity contribution is 5.84. The molecule has 0 bridgehead atoms. The van der Waals surface area contributed by atoms with Crippen LogP contribution in [-0.2, 0) is 16.0 Å². The van der Waals surface area contributed by atoms with Crippen molar-refractivity contribution in [3.63, 3.8) is 0 Å². The molecule has 1 heterocycles. The van der Waals surface area contributed by atoms with Gasteiger partial charge in [0.1, 0.15) is 6.04 Å². The van der Waals surface area contributed by atoms with Crippen molar-refractivity contribution in [1.29, 1.82) is 0 Å². The molecule has 2 aromatic rings. The third kappa shape index (κ3) is 3.33. The van der Waals surface area contributed by atoms with Crippen LogP contribution in [0.5, 0.6) is 0 Å². The Kier molecular flexibility index (Phi) is 4.78. The summed E-state index contributed by atoms with van der Waals surface area (Å²) in [6.45, 7) is 0.905. The second-order valence-corrected chi connectivity index (χ2v) is 6.20. The highest BCUT2D eigenvalue weighted by Gasteiger charge is 2.23. The van der Waals surface area contributed by atoms with E-state index in [0.717, 1.165) is 17.6 Å². The predicted octanol–water partition coefficient (Wildman–Crippen LogP) is 3.03. The van der Waals surface area contributed by atoms with Crippen LogP contribution in [0.3, 0.4) is 0 Å². The highest BCUT2D eigenvalue weighted by Crippen LogP contribution is 2.24. The van der Waals surface area contributed by atoms with E-state index in [-0.39, 0.29) is 12.0 Å². The number of aromatic nitrogens is 1. The SMILES string of the molecule is COC(=O)[C@H](Cc1c[nH]c2ccccc12)NCC1CCCC1. The largest absolute Gasteiger partial charge is 0.468 e. The number of rotatable bonds is 6. The van der Waals surface area contributed by atoms with Crippen molar-refractivity contribution in [2.75, 3.05) is 13.7 Å². The van der Waals surface area contributed by atoms with Crippen molar-refractivity contribution in [3.05, 3.63) is 36.0 Å². The van der Waals surface area contributed by atoms with Crippen molar-refractivity contribution in [2.45, 2.75) is 38.1 Å². The lowest BCUT2D eigenvalue weighted by atomic mass is 10.0. The zero-order valence-electron chi connectivity index (χ0n) is 13.1. The lowest BCUT2D eigenvalue weighted by Crippen LogP contribution is -2.41. The third-order valence-corrected chi connectivity index (χ3v) is 4.71. The summed E-state index contributed by atoms with van der Waals surface area (Å²) in [5, 5.41) is 4.61. The fraction of sp³-hybridized carbons (Fsp3) is 0.500. The van der Waals surface area contributed by atoms with Gasteiger partial charge in [-0.2, -0.15) is 0 Å². The minimum Gasteiger partial charge on any atom is -0.468 e. The first-order chi connectivity index (χ1) is 10.8. The molecule has 0 radical (unpaired) electrons. The van der Waals surface area contributed by atoms with Gasteiger partial charge >= 0.3 is 5.97 Å². The number of carbonyl (C=O) groups excluding carboxylic acids is 1. The van der Waals surface area contributed by atoms with E-state index in [4.69, 9.17) is 4.74 Å². The molecule has 3 rings (SSSR count). The van der Waals surface area contributed by atoms with Gasteiger partial charge in [-0.3, -0.25) is 4.79 Å². The molecule has 0 aliphatic heterocycles. The molecule has 118 valence electrons. The Bertz CT molecular complexity index is 629. The van der Waals surface area contributed by atoms with Crippen LogP contribution in [0, 0.1) is 5.92 Å². The number of H-pyrrole nitrogens is 1. The van der Waals surface area contributed by atoms with Gasteiger partial charge in [0.15, 0.2) is 0 Å². The Morgan fingerprint density at radius 1 is 1.36 bits per heavy atom. The van der Waals surface area contributed by atoms with E-state index in [9.17, 15) is 4.79 Å². The van der Waals surface area contributed by atoms with Gasteiger partial charge < -0.3 is 15.0 Å². The average Bonchev–Trinajstić information content (AvgIpc) is 3.20. The minimum atomic E-state index is -0.273. The van der Waals surface area contributed by atoms with Gasteiger partial charge in [0, 0.05) is 23.5 Å². The fourth-order valence-electron chi connectivity index (χ4n) is 3.42. The molecule has 0 amide bonds. The van der Waals surface area contributed by atoms with Gasteiger partial charge in [-0.25, -0.2) is 0 Å². The zero-order valence-corrected chi connectivity index (χ0v) is 13.1. The Hall–Kier alpha value is -1.81. The molecular weight excluding hydrogens is 276 g/mol. The molecular formula is C18H24N2O2. The maximum atomic E-state index is 12.1. The predicted molar refractivity (Wildman–Crippen MR) is 87.8 cm³/mol. The van der Waals surface area contributed by atoms with Crippen molar-refractivity contribution in [1.82, 2.24) is 10.3 Å². The van der Waals surface area contributed by atoms with E-state index in [1.54, 1.807) is 0 Å². The van der Waals surface area contributed by atoms with E-state index in [1.165, 1.54) is 38.2 Å². The van der Waals surface area contributed by atoms with E-state index < -0.39 is 0 Å². The smallest absolute Gasteiger partial charge is 0.323 e. The summed E-state index contributed by atoms with van der Waals surface area (Å²) in [7, 11) is 1.46. The summed E-state index contributed by atoms with van der Waals surface area (Å²) in [6.07, 6.45) is 7.83. The van der Waals surface area contributed by atoms with E-state index in [2.05, 4.69) is 22.4 Å². The van der Waals surface area contributed by atoms with Crippen molar-refractivity contribution >= 4 is 16.9 Å². The number of fused-ring (bicyclic) bond motifs is 1. The summed E-state index contributed by atoms with van der Waals surface area (Å²) < 4.78 is 4.98. The molecule has 1 aromatic heterocycles. The topological polar surface area (TPSA) is 54.1 Å².